The number of carboxylic acids is 1. The van der Waals surface area contributed by atoms with Crippen LogP contribution in [-0.2, 0) is 17.9 Å². The molecular formula is C21H24N4O2. The highest BCUT2D eigenvalue weighted by Gasteiger charge is 2.60. The van der Waals surface area contributed by atoms with E-state index in [-0.39, 0.29) is 0 Å². The SMILES string of the molecule is CN1c2ccccc2CN2CCC(C(=O)O)N3Cc4ccccc4N(C)C213. The summed E-state index contributed by atoms with van der Waals surface area (Å²) >= 11 is 0. The lowest BCUT2D eigenvalue weighted by Gasteiger charge is -2.67. The number of benzene rings is 2. The van der Waals surface area contributed by atoms with Gasteiger partial charge in [-0.2, -0.15) is 0 Å². The zero-order valence-corrected chi connectivity index (χ0v) is 15.7. The van der Waals surface area contributed by atoms with Gasteiger partial charge in [0, 0.05) is 45.1 Å². The minimum Gasteiger partial charge on any atom is -0.480 e. The highest BCUT2D eigenvalue weighted by atomic mass is 16.4. The highest BCUT2D eigenvalue weighted by Crippen LogP contribution is 2.48. The van der Waals surface area contributed by atoms with Crippen LogP contribution in [-0.4, -0.2) is 53.5 Å². The predicted octanol–water partition coefficient (Wildman–Crippen LogP) is 2.36. The van der Waals surface area contributed by atoms with Crippen LogP contribution >= 0.6 is 0 Å². The van der Waals surface area contributed by atoms with Gasteiger partial charge in [0.2, 0.25) is 5.91 Å². The van der Waals surface area contributed by atoms with Crippen molar-refractivity contribution in [3.63, 3.8) is 0 Å². The second-order valence-electron chi connectivity index (χ2n) is 7.67. The fourth-order valence-electron chi connectivity index (χ4n) is 5.32. The van der Waals surface area contributed by atoms with Crippen LogP contribution in [0.4, 0.5) is 11.4 Å². The molecule has 6 nitrogen and oxygen atoms in total. The second kappa shape index (κ2) is 5.71. The maximum Gasteiger partial charge on any atom is 0.321 e. The monoisotopic (exact) mass is 364 g/mol. The normalized spacial score (nSPS) is 27.4. The molecule has 1 fully saturated rings. The number of nitrogens with zero attached hydrogens (tertiary/aromatic N) is 4. The van der Waals surface area contributed by atoms with E-state index in [9.17, 15) is 9.90 Å². The van der Waals surface area contributed by atoms with Gasteiger partial charge in [-0.1, -0.05) is 36.4 Å². The van der Waals surface area contributed by atoms with Crippen molar-refractivity contribution in [1.29, 1.82) is 0 Å². The standard InChI is InChI=1S/C21H24N4O2/c1-22-17-9-5-3-7-15(17)13-24-12-11-19(20(26)27)25-14-16-8-4-6-10-18(16)23(2)21(22,24)25/h3-10,19H,11-14H2,1-2H3,(H,26,27). The van der Waals surface area contributed by atoms with Crippen molar-refractivity contribution in [3.05, 3.63) is 59.7 Å². The minimum absolute atomic E-state index is 0.509. The molecule has 0 bridgehead atoms. The van der Waals surface area contributed by atoms with Crippen LogP contribution in [0.15, 0.2) is 48.5 Å². The van der Waals surface area contributed by atoms with E-state index >= 15 is 0 Å². The first-order valence-electron chi connectivity index (χ1n) is 9.43. The first kappa shape index (κ1) is 16.6. The average Bonchev–Trinajstić information content (AvgIpc) is 2.68. The van der Waals surface area contributed by atoms with E-state index in [0.29, 0.717) is 13.0 Å². The summed E-state index contributed by atoms with van der Waals surface area (Å²) in [6.45, 7) is 2.19. The van der Waals surface area contributed by atoms with Crippen molar-refractivity contribution >= 4 is 17.3 Å². The average molecular weight is 364 g/mol. The molecule has 27 heavy (non-hydrogen) atoms. The smallest absolute Gasteiger partial charge is 0.321 e. The van der Waals surface area contributed by atoms with Gasteiger partial charge < -0.3 is 14.9 Å². The summed E-state index contributed by atoms with van der Waals surface area (Å²) in [7, 11) is 4.18. The molecule has 0 aromatic heterocycles. The van der Waals surface area contributed by atoms with Gasteiger partial charge in [0.05, 0.1) is 0 Å². The van der Waals surface area contributed by atoms with E-state index in [0.717, 1.165) is 24.5 Å². The van der Waals surface area contributed by atoms with E-state index in [1.807, 2.05) is 6.07 Å². The quantitative estimate of drug-likeness (QED) is 0.838. The van der Waals surface area contributed by atoms with E-state index < -0.39 is 17.9 Å². The molecule has 0 radical (unpaired) electrons. The molecule has 1 spiro atoms. The maximum atomic E-state index is 12.2. The second-order valence-corrected chi connectivity index (χ2v) is 7.67. The lowest BCUT2D eigenvalue weighted by Crippen LogP contribution is -2.83. The number of anilines is 2. The number of hydrogen-bond acceptors (Lipinski definition) is 5. The van der Waals surface area contributed by atoms with Crippen LogP contribution < -0.4 is 9.80 Å². The Morgan fingerprint density at radius 3 is 2.11 bits per heavy atom. The fraction of sp³-hybridized carbons (Fsp3) is 0.381. The van der Waals surface area contributed by atoms with E-state index in [1.54, 1.807) is 0 Å². The molecule has 2 aromatic rings. The number of fused-ring (bicyclic) bond motifs is 2. The molecule has 3 heterocycles. The molecule has 5 rings (SSSR count). The Hall–Kier alpha value is -2.57. The zero-order chi connectivity index (χ0) is 18.8. The third-order valence-electron chi connectivity index (χ3n) is 6.45. The summed E-state index contributed by atoms with van der Waals surface area (Å²) in [4.78, 5) is 21.3. The number of aliphatic carboxylic acids is 1. The van der Waals surface area contributed by atoms with Crippen LogP contribution in [0.3, 0.4) is 0 Å². The molecule has 3 aliphatic heterocycles. The summed E-state index contributed by atoms with van der Waals surface area (Å²) in [5, 5.41) is 9.98. The third-order valence-corrected chi connectivity index (χ3v) is 6.45. The van der Waals surface area contributed by atoms with Crippen LogP contribution in [0.1, 0.15) is 17.5 Å². The molecular weight excluding hydrogens is 340 g/mol. The van der Waals surface area contributed by atoms with Crippen molar-refractivity contribution in [2.75, 3.05) is 30.4 Å². The number of para-hydroxylation sites is 2. The Kier molecular flexibility index (Phi) is 3.51. The summed E-state index contributed by atoms with van der Waals surface area (Å²) < 4.78 is 0. The summed E-state index contributed by atoms with van der Waals surface area (Å²) in [5.41, 5.74) is 4.78. The Morgan fingerprint density at radius 2 is 1.52 bits per heavy atom. The van der Waals surface area contributed by atoms with Crippen LogP contribution in [0.5, 0.6) is 0 Å². The number of carboxylic acid groups (broad SMARTS) is 1. The largest absolute Gasteiger partial charge is 0.480 e. The number of rotatable bonds is 1. The van der Waals surface area contributed by atoms with Crippen LogP contribution in [0.2, 0.25) is 0 Å². The lowest BCUT2D eigenvalue weighted by atomic mass is 9.95. The zero-order valence-electron chi connectivity index (χ0n) is 15.7. The Bertz CT molecular complexity index is 911. The van der Waals surface area contributed by atoms with Gasteiger partial charge >= 0.3 is 5.97 Å². The Labute approximate surface area is 159 Å². The molecule has 2 aromatic carbocycles. The summed E-state index contributed by atoms with van der Waals surface area (Å²) in [6, 6.07) is 16.3. The van der Waals surface area contributed by atoms with Gasteiger partial charge in [-0.05, 0) is 29.7 Å². The van der Waals surface area contributed by atoms with Crippen molar-refractivity contribution in [1.82, 2.24) is 9.80 Å². The molecule has 0 aliphatic carbocycles. The molecule has 6 heteroatoms. The highest BCUT2D eigenvalue weighted by molar-refractivity contribution is 5.75. The number of hydrogen-bond donors (Lipinski definition) is 1. The molecule has 0 saturated carbocycles. The predicted molar refractivity (Wildman–Crippen MR) is 104 cm³/mol. The lowest BCUT2D eigenvalue weighted by molar-refractivity contribution is -0.170. The molecule has 1 saturated heterocycles. The topological polar surface area (TPSA) is 50.3 Å². The fourth-order valence-corrected chi connectivity index (χ4v) is 5.32. The molecule has 140 valence electrons. The maximum absolute atomic E-state index is 12.2. The molecule has 1 N–H and O–H groups in total. The van der Waals surface area contributed by atoms with Crippen molar-refractivity contribution < 1.29 is 9.90 Å². The van der Waals surface area contributed by atoms with Crippen molar-refractivity contribution in [2.45, 2.75) is 31.5 Å². The molecule has 0 amide bonds. The molecule has 2 atom stereocenters. The third kappa shape index (κ3) is 2.05. The van der Waals surface area contributed by atoms with Gasteiger partial charge in [-0.3, -0.25) is 4.79 Å². The van der Waals surface area contributed by atoms with Gasteiger partial charge in [0.25, 0.3) is 0 Å². The first-order valence-corrected chi connectivity index (χ1v) is 9.43. The van der Waals surface area contributed by atoms with Gasteiger partial charge in [-0.25, -0.2) is 9.80 Å². The van der Waals surface area contributed by atoms with Crippen LogP contribution in [0.25, 0.3) is 0 Å². The van der Waals surface area contributed by atoms with E-state index in [4.69, 9.17) is 0 Å². The summed E-state index contributed by atoms with van der Waals surface area (Å²) in [5.74, 6) is -1.36. The van der Waals surface area contributed by atoms with Gasteiger partial charge in [0.15, 0.2) is 0 Å². The molecule has 3 aliphatic rings. The van der Waals surface area contributed by atoms with Gasteiger partial charge in [-0.15, -0.1) is 0 Å². The minimum atomic E-state index is -0.742. The van der Waals surface area contributed by atoms with Crippen molar-refractivity contribution in [2.24, 2.45) is 0 Å². The summed E-state index contributed by atoms with van der Waals surface area (Å²) in [6.07, 6.45) is 0.628. The Morgan fingerprint density at radius 1 is 0.963 bits per heavy atom. The van der Waals surface area contributed by atoms with Crippen molar-refractivity contribution in [3.8, 4) is 0 Å². The van der Waals surface area contributed by atoms with E-state index in [2.05, 4.69) is 76.2 Å². The van der Waals surface area contributed by atoms with Crippen LogP contribution in [0, 0.1) is 0 Å². The van der Waals surface area contributed by atoms with Gasteiger partial charge in [0.1, 0.15) is 6.04 Å². The molecule has 2 unspecified atom stereocenters. The first-order chi connectivity index (χ1) is 13.0. The Balaban J connectivity index is 1.75. The van der Waals surface area contributed by atoms with E-state index in [1.165, 1.54) is 11.1 Å². The number of carbonyl (C=O) groups is 1.